The second-order valence-electron chi connectivity index (χ2n) is 4.82. The van der Waals surface area contributed by atoms with Crippen molar-refractivity contribution in [1.29, 1.82) is 0 Å². The van der Waals surface area contributed by atoms with Crippen molar-refractivity contribution in [3.63, 3.8) is 0 Å². The summed E-state index contributed by atoms with van der Waals surface area (Å²) in [6, 6.07) is 12.9. The van der Waals surface area contributed by atoms with Crippen molar-refractivity contribution < 1.29 is 17.5 Å². The topological polar surface area (TPSA) is 43.4 Å². The first-order valence-corrected chi connectivity index (χ1v) is 8.38. The molecule has 2 rings (SSSR count). The van der Waals surface area contributed by atoms with Gasteiger partial charge in [0.2, 0.25) is 0 Å². The lowest BCUT2D eigenvalue weighted by Crippen LogP contribution is -2.11. The van der Waals surface area contributed by atoms with E-state index in [1.807, 2.05) is 24.3 Å². The molecule has 21 heavy (non-hydrogen) atoms. The van der Waals surface area contributed by atoms with Gasteiger partial charge in [0.25, 0.3) is 0 Å². The number of ether oxygens (including phenoxy) is 1. The molecule has 0 spiro atoms. The Morgan fingerprint density at radius 2 is 1.52 bits per heavy atom. The van der Waals surface area contributed by atoms with Crippen molar-refractivity contribution >= 4 is 9.84 Å². The van der Waals surface area contributed by atoms with Crippen molar-refractivity contribution in [3.8, 4) is 5.75 Å². The number of hydrogen-bond acceptors (Lipinski definition) is 3. The van der Waals surface area contributed by atoms with Crippen LogP contribution in [0, 0.1) is 5.82 Å². The lowest BCUT2D eigenvalue weighted by Gasteiger charge is -2.06. The summed E-state index contributed by atoms with van der Waals surface area (Å²) in [4.78, 5) is 0. The summed E-state index contributed by atoms with van der Waals surface area (Å²) < 4.78 is 42.0. The van der Waals surface area contributed by atoms with Gasteiger partial charge in [-0.1, -0.05) is 24.3 Å². The molecule has 0 unspecified atom stereocenters. The van der Waals surface area contributed by atoms with Gasteiger partial charge in [0.15, 0.2) is 9.84 Å². The van der Waals surface area contributed by atoms with Gasteiger partial charge < -0.3 is 4.74 Å². The van der Waals surface area contributed by atoms with Gasteiger partial charge in [0, 0.05) is 0 Å². The first-order chi connectivity index (χ1) is 9.98. The zero-order valence-corrected chi connectivity index (χ0v) is 12.6. The Bertz CT molecular complexity index is 676. The van der Waals surface area contributed by atoms with E-state index in [0.717, 1.165) is 11.3 Å². The molecule has 0 amide bonds. The second-order valence-corrected chi connectivity index (χ2v) is 7.00. The Kier molecular flexibility index (Phi) is 4.96. The van der Waals surface area contributed by atoms with E-state index in [4.69, 9.17) is 4.74 Å². The maximum Gasteiger partial charge on any atom is 0.154 e. The summed E-state index contributed by atoms with van der Waals surface area (Å²) in [5, 5.41) is 0. The molecule has 112 valence electrons. The highest BCUT2D eigenvalue weighted by Crippen LogP contribution is 2.14. The molecule has 5 heteroatoms. The minimum atomic E-state index is -3.22. The Balaban J connectivity index is 1.95. The van der Waals surface area contributed by atoms with Gasteiger partial charge >= 0.3 is 0 Å². The highest BCUT2D eigenvalue weighted by atomic mass is 32.2. The van der Waals surface area contributed by atoms with Crippen LogP contribution in [0.5, 0.6) is 5.75 Å². The van der Waals surface area contributed by atoms with Crippen LogP contribution < -0.4 is 4.74 Å². The Morgan fingerprint density at radius 1 is 0.952 bits per heavy atom. The second kappa shape index (κ2) is 6.72. The predicted molar refractivity (Wildman–Crippen MR) is 80.6 cm³/mol. The molecule has 0 saturated carbocycles. The third-order valence-electron chi connectivity index (χ3n) is 3.16. The van der Waals surface area contributed by atoms with Gasteiger partial charge in [-0.25, -0.2) is 12.8 Å². The third kappa shape index (κ3) is 4.86. The molecule has 0 atom stereocenters. The Hall–Kier alpha value is -1.88. The van der Waals surface area contributed by atoms with Crippen molar-refractivity contribution in [1.82, 2.24) is 0 Å². The molecule has 0 N–H and O–H groups in total. The van der Waals surface area contributed by atoms with Gasteiger partial charge in [-0.3, -0.25) is 0 Å². The van der Waals surface area contributed by atoms with E-state index < -0.39 is 9.84 Å². The number of sulfone groups is 1. The first-order valence-electron chi connectivity index (χ1n) is 6.56. The van der Waals surface area contributed by atoms with E-state index in [9.17, 15) is 12.8 Å². The van der Waals surface area contributed by atoms with E-state index in [1.54, 1.807) is 7.11 Å². The monoisotopic (exact) mass is 308 g/mol. The van der Waals surface area contributed by atoms with E-state index in [2.05, 4.69) is 0 Å². The van der Waals surface area contributed by atoms with Crippen LogP contribution >= 0.6 is 0 Å². The van der Waals surface area contributed by atoms with Crippen molar-refractivity contribution in [2.24, 2.45) is 0 Å². The van der Waals surface area contributed by atoms with Crippen LogP contribution in [-0.2, 0) is 22.0 Å². The number of hydrogen-bond donors (Lipinski definition) is 0. The molecule has 0 aromatic heterocycles. The fraction of sp³-hybridized carbons (Fsp3) is 0.250. The van der Waals surface area contributed by atoms with E-state index in [1.165, 1.54) is 24.3 Å². The number of halogens is 1. The predicted octanol–water partition coefficient (Wildman–Crippen LogP) is 2.99. The molecule has 3 nitrogen and oxygen atoms in total. The molecule has 0 aliphatic carbocycles. The zero-order chi connectivity index (χ0) is 15.3. The lowest BCUT2D eigenvalue weighted by molar-refractivity contribution is 0.414. The first kappa shape index (κ1) is 15.5. The average Bonchev–Trinajstić information content (AvgIpc) is 2.48. The fourth-order valence-electron chi connectivity index (χ4n) is 1.97. The summed E-state index contributed by atoms with van der Waals surface area (Å²) in [5.41, 5.74) is 1.55. The zero-order valence-electron chi connectivity index (χ0n) is 11.8. The van der Waals surface area contributed by atoms with Crippen molar-refractivity contribution in [2.75, 3.05) is 12.9 Å². The molecule has 0 aliphatic heterocycles. The molecule has 2 aromatic rings. The van der Waals surface area contributed by atoms with Crippen LogP contribution in [0.4, 0.5) is 4.39 Å². The van der Waals surface area contributed by atoms with Crippen LogP contribution in [0.2, 0.25) is 0 Å². The fourth-order valence-corrected chi connectivity index (χ4v) is 3.36. The number of methoxy groups -OCH3 is 1. The van der Waals surface area contributed by atoms with Gasteiger partial charge in [-0.05, 0) is 41.8 Å². The molecule has 0 aliphatic rings. The van der Waals surface area contributed by atoms with Crippen LogP contribution in [0.3, 0.4) is 0 Å². The normalized spacial score (nSPS) is 11.3. The van der Waals surface area contributed by atoms with Gasteiger partial charge in [0.05, 0.1) is 18.6 Å². The smallest absolute Gasteiger partial charge is 0.154 e. The molecular weight excluding hydrogens is 291 g/mol. The molecular formula is C16H17FO3S. The minimum Gasteiger partial charge on any atom is -0.497 e. The summed E-state index contributed by atoms with van der Waals surface area (Å²) in [7, 11) is -1.63. The highest BCUT2D eigenvalue weighted by Gasteiger charge is 2.12. The van der Waals surface area contributed by atoms with E-state index in [-0.39, 0.29) is 17.3 Å². The molecule has 0 fully saturated rings. The minimum absolute atomic E-state index is 0.0660. The summed E-state index contributed by atoms with van der Waals surface area (Å²) >= 11 is 0. The third-order valence-corrected chi connectivity index (χ3v) is 4.76. The summed E-state index contributed by atoms with van der Waals surface area (Å²) in [5.74, 6) is 0.377. The van der Waals surface area contributed by atoms with Crippen molar-refractivity contribution in [2.45, 2.75) is 12.2 Å². The quantitative estimate of drug-likeness (QED) is 0.824. The van der Waals surface area contributed by atoms with Crippen LogP contribution in [0.15, 0.2) is 48.5 Å². The maximum atomic E-state index is 12.8. The van der Waals surface area contributed by atoms with Gasteiger partial charge in [0.1, 0.15) is 11.6 Å². The highest BCUT2D eigenvalue weighted by molar-refractivity contribution is 7.90. The number of benzene rings is 2. The standard InChI is InChI=1S/C16H17FO3S/c1-20-16-8-4-13(5-9-16)10-11-21(18,19)12-14-2-6-15(17)7-3-14/h2-9H,10-12H2,1H3. The van der Waals surface area contributed by atoms with Gasteiger partial charge in [-0.15, -0.1) is 0 Å². The Labute approximate surface area is 124 Å². The molecule has 0 radical (unpaired) electrons. The SMILES string of the molecule is COc1ccc(CCS(=O)(=O)Cc2ccc(F)cc2)cc1. The largest absolute Gasteiger partial charge is 0.497 e. The molecule has 0 saturated heterocycles. The van der Waals surface area contributed by atoms with Crippen LogP contribution in [0.1, 0.15) is 11.1 Å². The van der Waals surface area contributed by atoms with Crippen LogP contribution in [0.25, 0.3) is 0 Å². The van der Waals surface area contributed by atoms with E-state index >= 15 is 0 Å². The molecule has 0 heterocycles. The number of rotatable bonds is 6. The van der Waals surface area contributed by atoms with Crippen LogP contribution in [-0.4, -0.2) is 21.3 Å². The summed E-state index contributed by atoms with van der Waals surface area (Å²) in [6.45, 7) is 0. The molecule has 0 bridgehead atoms. The molecule has 2 aromatic carbocycles. The van der Waals surface area contributed by atoms with Gasteiger partial charge in [-0.2, -0.15) is 0 Å². The summed E-state index contributed by atoms with van der Waals surface area (Å²) in [6.07, 6.45) is 0.452. The Morgan fingerprint density at radius 3 is 2.10 bits per heavy atom. The van der Waals surface area contributed by atoms with E-state index in [0.29, 0.717) is 12.0 Å². The van der Waals surface area contributed by atoms with Crippen molar-refractivity contribution in [3.05, 3.63) is 65.5 Å². The average molecular weight is 308 g/mol. The number of aryl methyl sites for hydroxylation is 1. The maximum absolute atomic E-state index is 12.8. The lowest BCUT2D eigenvalue weighted by atomic mass is 10.2.